The van der Waals surface area contributed by atoms with E-state index in [1.165, 1.54) is 6.92 Å². The fraction of sp³-hybridized carbons (Fsp3) is 0.179. The van der Waals surface area contributed by atoms with Crippen molar-refractivity contribution in [3.8, 4) is 5.69 Å². The first-order valence-corrected chi connectivity index (χ1v) is 12.2. The molecule has 2 atom stereocenters. The van der Waals surface area contributed by atoms with E-state index in [0.717, 1.165) is 34.1 Å². The Morgan fingerprint density at radius 1 is 0.972 bits per heavy atom. The van der Waals surface area contributed by atoms with E-state index in [-0.39, 0.29) is 18.0 Å². The van der Waals surface area contributed by atoms with Crippen LogP contribution >= 0.6 is 12.2 Å². The van der Waals surface area contributed by atoms with Crippen LogP contribution in [-0.2, 0) is 4.79 Å². The number of carbonyl (C=O) groups excluding carboxylic acids is 1. The summed E-state index contributed by atoms with van der Waals surface area (Å²) < 4.78 is 2.20. The van der Waals surface area contributed by atoms with Crippen LogP contribution in [0.3, 0.4) is 0 Å². The Bertz CT molecular complexity index is 1370. The van der Waals surface area contributed by atoms with Gasteiger partial charge < -0.3 is 25.0 Å². The van der Waals surface area contributed by atoms with E-state index in [2.05, 4.69) is 72.6 Å². The third-order valence-electron chi connectivity index (χ3n) is 6.29. The van der Waals surface area contributed by atoms with Gasteiger partial charge in [-0.15, -0.1) is 0 Å². The molecular formula is C28H28N6OS. The van der Waals surface area contributed by atoms with Gasteiger partial charge in [0.05, 0.1) is 11.7 Å². The van der Waals surface area contributed by atoms with Crippen LogP contribution in [0.5, 0.6) is 0 Å². The minimum Gasteiger partial charge on any atom is -0.378 e. The first kappa shape index (κ1) is 23.6. The first-order chi connectivity index (χ1) is 17.4. The van der Waals surface area contributed by atoms with Crippen LogP contribution in [0, 0.1) is 0 Å². The number of hydrogen-bond acceptors (Lipinski definition) is 4. The highest BCUT2D eigenvalue weighted by molar-refractivity contribution is 7.80. The molecule has 4 aromatic rings. The van der Waals surface area contributed by atoms with Crippen molar-refractivity contribution < 1.29 is 4.79 Å². The van der Waals surface area contributed by atoms with Gasteiger partial charge in [0.2, 0.25) is 5.91 Å². The van der Waals surface area contributed by atoms with Gasteiger partial charge in [-0.2, -0.15) is 0 Å². The number of benzene rings is 2. The number of thiocarbonyl (C=S) groups is 1. The van der Waals surface area contributed by atoms with Crippen LogP contribution in [-0.4, -0.2) is 34.7 Å². The summed E-state index contributed by atoms with van der Waals surface area (Å²) in [7, 11) is 4.07. The number of anilines is 3. The number of nitrogens with one attached hydrogen (secondary N) is 2. The zero-order valence-corrected chi connectivity index (χ0v) is 21.2. The molecule has 2 aromatic carbocycles. The summed E-state index contributed by atoms with van der Waals surface area (Å²) in [5.74, 6) is -0.104. The molecule has 0 unspecified atom stereocenters. The van der Waals surface area contributed by atoms with E-state index in [0.29, 0.717) is 5.11 Å². The van der Waals surface area contributed by atoms with E-state index in [1.54, 1.807) is 6.20 Å². The molecule has 1 aliphatic rings. The molecule has 1 aliphatic heterocycles. The van der Waals surface area contributed by atoms with Crippen molar-refractivity contribution in [2.45, 2.75) is 19.0 Å². The van der Waals surface area contributed by atoms with Crippen molar-refractivity contribution >= 4 is 40.3 Å². The van der Waals surface area contributed by atoms with E-state index < -0.39 is 0 Å². The normalized spacial score (nSPS) is 17.1. The zero-order chi connectivity index (χ0) is 25.2. The van der Waals surface area contributed by atoms with Gasteiger partial charge in [0, 0.05) is 61.9 Å². The molecule has 1 saturated heterocycles. The number of nitrogens with zero attached hydrogens (tertiary/aromatic N) is 4. The molecule has 0 bridgehead atoms. The summed E-state index contributed by atoms with van der Waals surface area (Å²) >= 11 is 5.86. The number of pyridine rings is 1. The van der Waals surface area contributed by atoms with Gasteiger partial charge in [-0.3, -0.25) is 9.78 Å². The maximum atomic E-state index is 11.5. The molecule has 0 radical (unpaired) electrons. The molecule has 5 rings (SSSR count). The molecular weight excluding hydrogens is 468 g/mol. The van der Waals surface area contributed by atoms with Gasteiger partial charge in [-0.1, -0.05) is 6.07 Å². The van der Waals surface area contributed by atoms with Crippen LogP contribution in [0.2, 0.25) is 0 Å². The van der Waals surface area contributed by atoms with Gasteiger partial charge in [0.25, 0.3) is 0 Å². The number of amides is 1. The molecule has 36 heavy (non-hydrogen) atoms. The summed E-state index contributed by atoms with van der Waals surface area (Å²) in [6, 6.07) is 26.1. The van der Waals surface area contributed by atoms with Gasteiger partial charge in [0.15, 0.2) is 5.11 Å². The van der Waals surface area contributed by atoms with Crippen LogP contribution in [0.4, 0.5) is 17.1 Å². The predicted octanol–water partition coefficient (Wildman–Crippen LogP) is 5.07. The summed E-state index contributed by atoms with van der Waals surface area (Å²) in [4.78, 5) is 20.3. The van der Waals surface area contributed by atoms with Gasteiger partial charge in [0.1, 0.15) is 6.04 Å². The highest BCUT2D eigenvalue weighted by Gasteiger charge is 2.42. The Labute approximate surface area is 216 Å². The van der Waals surface area contributed by atoms with E-state index in [9.17, 15) is 4.79 Å². The van der Waals surface area contributed by atoms with E-state index in [4.69, 9.17) is 12.2 Å². The molecule has 8 heteroatoms. The highest BCUT2D eigenvalue weighted by Crippen LogP contribution is 2.42. The van der Waals surface area contributed by atoms with Crippen LogP contribution < -0.4 is 20.4 Å². The topological polar surface area (TPSA) is 65.4 Å². The lowest BCUT2D eigenvalue weighted by molar-refractivity contribution is -0.114. The van der Waals surface area contributed by atoms with Crippen LogP contribution in [0.15, 0.2) is 91.3 Å². The number of carbonyl (C=O) groups is 1. The summed E-state index contributed by atoms with van der Waals surface area (Å²) in [6.45, 7) is 1.50. The second-order valence-electron chi connectivity index (χ2n) is 8.94. The molecule has 7 nitrogen and oxygen atoms in total. The molecule has 0 aliphatic carbocycles. The fourth-order valence-electron chi connectivity index (χ4n) is 4.62. The second kappa shape index (κ2) is 9.83. The molecule has 2 N–H and O–H groups in total. The zero-order valence-electron chi connectivity index (χ0n) is 20.4. The number of aromatic nitrogens is 2. The molecule has 182 valence electrons. The predicted molar refractivity (Wildman–Crippen MR) is 149 cm³/mol. The minimum atomic E-state index is -0.150. The highest BCUT2D eigenvalue weighted by atomic mass is 32.1. The standard InChI is InChI=1S/C28H28N6OS/c1-19(35)30-20-9-11-23(12-10-20)34-27(26(31-28(34)36)24-7-4-5-17-29-24)25-8-6-18-33(25)22-15-13-21(14-16-22)32(2)3/h4-18,26-27H,1-3H3,(H,30,35)(H,31,36)/t26-,27-/m0/s1. The molecule has 1 fully saturated rings. The average Bonchev–Trinajstić information content (AvgIpc) is 3.49. The number of hydrogen-bond donors (Lipinski definition) is 2. The third kappa shape index (κ3) is 4.55. The van der Waals surface area contributed by atoms with Crippen molar-refractivity contribution in [3.05, 3.63) is 103 Å². The van der Waals surface area contributed by atoms with Crippen molar-refractivity contribution in [2.24, 2.45) is 0 Å². The maximum Gasteiger partial charge on any atom is 0.221 e. The third-order valence-corrected chi connectivity index (χ3v) is 6.61. The summed E-state index contributed by atoms with van der Waals surface area (Å²) in [6.07, 6.45) is 3.88. The molecule has 2 aromatic heterocycles. The van der Waals surface area contributed by atoms with Crippen molar-refractivity contribution in [1.29, 1.82) is 0 Å². The van der Waals surface area contributed by atoms with Gasteiger partial charge in [-0.05, 0) is 85.0 Å². The lowest BCUT2D eigenvalue weighted by Gasteiger charge is -2.29. The van der Waals surface area contributed by atoms with Crippen molar-refractivity contribution in [3.63, 3.8) is 0 Å². The average molecular weight is 497 g/mol. The van der Waals surface area contributed by atoms with Crippen molar-refractivity contribution in [1.82, 2.24) is 14.9 Å². The quantitative estimate of drug-likeness (QED) is 0.363. The Morgan fingerprint density at radius 3 is 2.33 bits per heavy atom. The first-order valence-electron chi connectivity index (χ1n) is 11.8. The molecule has 0 saturated carbocycles. The monoisotopic (exact) mass is 496 g/mol. The SMILES string of the molecule is CC(=O)Nc1ccc(N2C(=S)N[C@@H](c3ccccn3)[C@@H]2c2cccn2-c2ccc(N(C)C)cc2)cc1. The molecule has 0 spiro atoms. The number of rotatable bonds is 6. The Kier molecular flexibility index (Phi) is 6.43. The molecule has 3 heterocycles. The van der Waals surface area contributed by atoms with Crippen LogP contribution in [0.1, 0.15) is 30.4 Å². The maximum absolute atomic E-state index is 11.5. The lowest BCUT2D eigenvalue weighted by atomic mass is 10.0. The Morgan fingerprint density at radius 2 is 1.69 bits per heavy atom. The van der Waals surface area contributed by atoms with Crippen molar-refractivity contribution in [2.75, 3.05) is 29.2 Å². The summed E-state index contributed by atoms with van der Waals surface area (Å²) in [5, 5.41) is 6.96. The largest absolute Gasteiger partial charge is 0.378 e. The minimum absolute atomic E-state index is 0.104. The lowest BCUT2D eigenvalue weighted by Crippen LogP contribution is -2.30. The summed E-state index contributed by atoms with van der Waals surface area (Å²) in [5.41, 5.74) is 5.88. The van der Waals surface area contributed by atoms with Gasteiger partial charge >= 0.3 is 0 Å². The second-order valence-corrected chi connectivity index (χ2v) is 9.33. The van der Waals surface area contributed by atoms with E-state index >= 15 is 0 Å². The fourth-order valence-corrected chi connectivity index (χ4v) is 4.97. The van der Waals surface area contributed by atoms with Crippen LogP contribution in [0.25, 0.3) is 5.69 Å². The van der Waals surface area contributed by atoms with Gasteiger partial charge in [-0.25, -0.2) is 0 Å². The van der Waals surface area contributed by atoms with E-state index in [1.807, 2.05) is 56.6 Å². The molecule has 1 amide bonds. The Hall–Kier alpha value is -4.17. The smallest absolute Gasteiger partial charge is 0.221 e. The Balaban J connectivity index is 1.59.